The van der Waals surface area contributed by atoms with Gasteiger partial charge in [0.25, 0.3) is 0 Å². The van der Waals surface area contributed by atoms with Crippen LogP contribution in [-0.4, -0.2) is 70.2 Å². The maximum atomic E-state index is 11.7. The summed E-state index contributed by atoms with van der Waals surface area (Å²) in [7, 11) is 0. The number of β-amino-alcohol motifs (C(OH)–C–C–N with tert-alkyl or cyclic N) is 2. The van der Waals surface area contributed by atoms with Gasteiger partial charge in [-0.1, -0.05) is 17.7 Å². The van der Waals surface area contributed by atoms with E-state index in [1.165, 1.54) is 12.3 Å². The molecule has 1 unspecified atom stereocenters. The predicted molar refractivity (Wildman–Crippen MR) is 117 cm³/mol. The van der Waals surface area contributed by atoms with Crippen LogP contribution < -0.4 is 0 Å². The molecular weight excluding hydrogens is 432 g/mol. The second-order valence-corrected chi connectivity index (χ2v) is 8.62. The van der Waals surface area contributed by atoms with Crippen LogP contribution in [0.3, 0.4) is 0 Å². The number of hydrogen-bond acceptors (Lipinski definition) is 8. The van der Waals surface area contributed by atoms with Gasteiger partial charge in [-0.25, -0.2) is 4.79 Å². The Morgan fingerprint density at radius 2 is 1.84 bits per heavy atom. The van der Waals surface area contributed by atoms with Gasteiger partial charge in [-0.3, -0.25) is 14.8 Å². The van der Waals surface area contributed by atoms with E-state index in [1.54, 1.807) is 6.07 Å². The standard InChI is InChI=1S/C23H25ClN4O4/c1-14-16(2-3-17-18(14)13-32-23(17)31)20(29)11-27-4-6-28(7-5-27)12-21(30)22-19(24)8-15(9-25)10-26-22/h2-3,8,10,20-21,29-30H,4-7,11-13H2,1H3/t20-,21?/m1/s1. The number of halogens is 1. The number of carbonyl (C=O) groups excluding carboxylic acids is 1. The number of piperazine rings is 1. The van der Waals surface area contributed by atoms with Crippen molar-refractivity contribution in [3.8, 4) is 6.07 Å². The lowest BCUT2D eigenvalue weighted by atomic mass is 9.95. The van der Waals surface area contributed by atoms with Gasteiger partial charge in [-0.2, -0.15) is 5.26 Å². The first-order valence-corrected chi connectivity index (χ1v) is 10.9. The summed E-state index contributed by atoms with van der Waals surface area (Å²) in [6.45, 7) is 6.06. The Morgan fingerprint density at radius 3 is 2.47 bits per heavy atom. The second kappa shape index (κ2) is 9.53. The lowest BCUT2D eigenvalue weighted by Crippen LogP contribution is -2.48. The molecule has 0 saturated carbocycles. The molecule has 0 spiro atoms. The summed E-state index contributed by atoms with van der Waals surface area (Å²) in [5, 5.41) is 30.6. The molecule has 1 saturated heterocycles. The Hall–Kier alpha value is -2.54. The minimum absolute atomic E-state index is 0.264. The number of aromatic nitrogens is 1. The first kappa shape index (κ1) is 22.6. The number of pyridine rings is 1. The number of nitrogens with zero attached hydrogens (tertiary/aromatic N) is 4. The predicted octanol–water partition coefficient (Wildman–Crippen LogP) is 1.97. The van der Waals surface area contributed by atoms with Crippen molar-refractivity contribution in [3.63, 3.8) is 0 Å². The summed E-state index contributed by atoms with van der Waals surface area (Å²) < 4.78 is 5.10. The quantitative estimate of drug-likeness (QED) is 0.635. The zero-order chi connectivity index (χ0) is 22.8. The Balaban J connectivity index is 1.31. The number of cyclic esters (lactones) is 1. The molecular formula is C23H25ClN4O4. The van der Waals surface area contributed by atoms with E-state index in [1.807, 2.05) is 19.1 Å². The Morgan fingerprint density at radius 1 is 1.19 bits per heavy atom. The van der Waals surface area contributed by atoms with E-state index in [2.05, 4.69) is 14.8 Å². The molecule has 32 heavy (non-hydrogen) atoms. The fourth-order valence-electron chi connectivity index (χ4n) is 4.31. The lowest BCUT2D eigenvalue weighted by Gasteiger charge is -2.36. The monoisotopic (exact) mass is 456 g/mol. The summed E-state index contributed by atoms with van der Waals surface area (Å²) >= 11 is 6.16. The van der Waals surface area contributed by atoms with Crippen molar-refractivity contribution >= 4 is 17.6 Å². The number of hydrogen-bond donors (Lipinski definition) is 2. The average molecular weight is 457 g/mol. The third-order valence-corrected chi connectivity index (χ3v) is 6.51. The van der Waals surface area contributed by atoms with Crippen LogP contribution in [0.25, 0.3) is 0 Å². The molecule has 168 valence electrons. The van der Waals surface area contributed by atoms with Crippen molar-refractivity contribution in [1.82, 2.24) is 14.8 Å². The zero-order valence-corrected chi connectivity index (χ0v) is 18.5. The van der Waals surface area contributed by atoms with Crippen molar-refractivity contribution in [3.05, 3.63) is 62.9 Å². The van der Waals surface area contributed by atoms with E-state index in [9.17, 15) is 15.0 Å². The summed E-state index contributed by atoms with van der Waals surface area (Å²) in [6.07, 6.45) is -0.0894. The fraction of sp³-hybridized carbons (Fsp3) is 0.435. The molecule has 9 heteroatoms. The van der Waals surface area contributed by atoms with Crippen molar-refractivity contribution in [1.29, 1.82) is 5.26 Å². The Labute approximate surface area is 191 Å². The van der Waals surface area contributed by atoms with Gasteiger partial charge in [0.2, 0.25) is 0 Å². The first-order valence-electron chi connectivity index (χ1n) is 10.5. The van der Waals surface area contributed by atoms with Crippen LogP contribution in [0.5, 0.6) is 0 Å². The van der Waals surface area contributed by atoms with Gasteiger partial charge in [-0.05, 0) is 30.2 Å². The average Bonchev–Trinajstić information content (AvgIpc) is 3.16. The van der Waals surface area contributed by atoms with Gasteiger partial charge in [-0.15, -0.1) is 0 Å². The number of fused-ring (bicyclic) bond motifs is 1. The van der Waals surface area contributed by atoms with Crippen LogP contribution in [0.4, 0.5) is 0 Å². The van der Waals surface area contributed by atoms with Crippen molar-refractivity contribution < 1.29 is 19.7 Å². The van der Waals surface area contributed by atoms with Crippen LogP contribution in [-0.2, 0) is 11.3 Å². The number of aliphatic hydroxyl groups is 2. The van der Waals surface area contributed by atoms with Gasteiger partial charge in [0, 0.05) is 51.0 Å². The van der Waals surface area contributed by atoms with Crippen LogP contribution in [0.15, 0.2) is 24.4 Å². The Bertz CT molecular complexity index is 1060. The summed E-state index contributed by atoms with van der Waals surface area (Å²) in [6, 6.07) is 7.03. The maximum Gasteiger partial charge on any atom is 0.338 e. The highest BCUT2D eigenvalue weighted by Crippen LogP contribution is 2.29. The highest BCUT2D eigenvalue weighted by molar-refractivity contribution is 6.31. The van der Waals surface area contributed by atoms with Gasteiger partial charge >= 0.3 is 5.97 Å². The van der Waals surface area contributed by atoms with E-state index in [-0.39, 0.29) is 17.6 Å². The number of nitriles is 1. The molecule has 2 aliphatic heterocycles. The van der Waals surface area contributed by atoms with E-state index in [0.29, 0.717) is 29.9 Å². The minimum Gasteiger partial charge on any atom is -0.457 e. The second-order valence-electron chi connectivity index (χ2n) is 8.22. The van der Waals surface area contributed by atoms with Gasteiger partial charge in [0.15, 0.2) is 0 Å². The highest BCUT2D eigenvalue weighted by atomic mass is 35.5. The molecule has 0 amide bonds. The molecule has 2 atom stereocenters. The molecule has 3 heterocycles. The van der Waals surface area contributed by atoms with Gasteiger partial charge < -0.3 is 14.9 Å². The number of esters is 1. The van der Waals surface area contributed by atoms with Gasteiger partial charge in [0.1, 0.15) is 18.8 Å². The van der Waals surface area contributed by atoms with E-state index >= 15 is 0 Å². The molecule has 1 aromatic carbocycles. The van der Waals surface area contributed by atoms with Crippen LogP contribution in [0.1, 0.15) is 50.5 Å². The fourth-order valence-corrected chi connectivity index (χ4v) is 4.60. The summed E-state index contributed by atoms with van der Waals surface area (Å²) in [5.41, 5.74) is 3.91. The zero-order valence-electron chi connectivity index (χ0n) is 17.8. The molecule has 0 bridgehead atoms. The van der Waals surface area contributed by atoms with Gasteiger partial charge in [0.05, 0.1) is 27.9 Å². The van der Waals surface area contributed by atoms with E-state index in [4.69, 9.17) is 21.6 Å². The SMILES string of the molecule is Cc1c([C@H](O)CN2CCN(CC(O)c3ncc(C#N)cc3Cl)CC2)ccc2c1COC2=O. The highest BCUT2D eigenvalue weighted by Gasteiger charge is 2.27. The molecule has 2 aliphatic rings. The third-order valence-electron chi connectivity index (χ3n) is 6.21. The number of benzene rings is 1. The largest absolute Gasteiger partial charge is 0.457 e. The molecule has 1 fully saturated rings. The van der Waals surface area contributed by atoms with Crippen LogP contribution in [0.2, 0.25) is 5.02 Å². The molecule has 2 aromatic rings. The molecule has 0 aliphatic carbocycles. The molecule has 4 rings (SSSR count). The topological polar surface area (TPSA) is 110 Å². The van der Waals surface area contributed by atoms with E-state index < -0.39 is 12.2 Å². The Kier molecular flexibility index (Phi) is 6.74. The maximum absolute atomic E-state index is 11.7. The normalized spacial score (nSPS) is 18.7. The minimum atomic E-state index is -0.841. The molecule has 0 radical (unpaired) electrons. The number of ether oxygens (including phenoxy) is 1. The van der Waals surface area contributed by atoms with Crippen LogP contribution in [0, 0.1) is 18.3 Å². The van der Waals surface area contributed by atoms with Crippen molar-refractivity contribution in [2.45, 2.75) is 25.7 Å². The first-order chi connectivity index (χ1) is 15.4. The van der Waals surface area contributed by atoms with Crippen molar-refractivity contribution in [2.24, 2.45) is 0 Å². The number of carbonyl (C=O) groups is 1. The molecule has 2 N–H and O–H groups in total. The summed E-state index contributed by atoms with van der Waals surface area (Å²) in [4.78, 5) is 20.2. The van der Waals surface area contributed by atoms with Crippen molar-refractivity contribution in [2.75, 3.05) is 39.3 Å². The number of aliphatic hydroxyl groups excluding tert-OH is 2. The number of rotatable bonds is 6. The van der Waals surface area contributed by atoms with Crippen LogP contribution >= 0.6 is 11.6 Å². The molecule has 1 aromatic heterocycles. The van der Waals surface area contributed by atoms with E-state index in [0.717, 1.165) is 42.9 Å². The third kappa shape index (κ3) is 4.63. The lowest BCUT2D eigenvalue weighted by molar-refractivity contribution is 0.0470. The summed E-state index contributed by atoms with van der Waals surface area (Å²) in [5.74, 6) is -0.306. The smallest absolute Gasteiger partial charge is 0.338 e. The molecule has 8 nitrogen and oxygen atoms in total.